The number of fused-ring (bicyclic) bond motifs is 1. The molecule has 0 unspecified atom stereocenters. The Morgan fingerprint density at radius 1 is 1.19 bits per heavy atom. The molecule has 0 saturated carbocycles. The minimum absolute atomic E-state index is 0.0127. The predicted octanol–water partition coefficient (Wildman–Crippen LogP) is 2.32. The molecule has 1 aromatic carbocycles. The molecule has 2 aromatic heterocycles. The maximum absolute atomic E-state index is 12.8. The number of aromatic nitrogens is 2. The van der Waals surface area contributed by atoms with Crippen molar-refractivity contribution in [3.05, 3.63) is 54.1 Å². The van der Waals surface area contributed by atoms with Gasteiger partial charge in [-0.3, -0.25) is 14.7 Å². The van der Waals surface area contributed by atoms with Crippen molar-refractivity contribution in [3.63, 3.8) is 0 Å². The lowest BCUT2D eigenvalue weighted by Gasteiger charge is -2.30. The summed E-state index contributed by atoms with van der Waals surface area (Å²) in [6.45, 7) is 1.50. The fourth-order valence-corrected chi connectivity index (χ4v) is 3.35. The first-order chi connectivity index (χ1) is 12.7. The van der Waals surface area contributed by atoms with Crippen LogP contribution in [0.25, 0.3) is 10.9 Å². The molecule has 0 spiro atoms. The number of benzene rings is 1. The number of hydrogen-bond donors (Lipinski definition) is 2. The lowest BCUT2D eigenvalue weighted by molar-refractivity contribution is -0.126. The van der Waals surface area contributed by atoms with E-state index < -0.39 is 0 Å². The second-order valence-electron chi connectivity index (χ2n) is 6.48. The molecule has 1 saturated heterocycles. The number of aromatic amines is 1. The lowest BCUT2D eigenvalue weighted by Crippen LogP contribution is -2.43. The van der Waals surface area contributed by atoms with Crippen LogP contribution in [0.3, 0.4) is 0 Å². The summed E-state index contributed by atoms with van der Waals surface area (Å²) in [4.78, 5) is 26.8. The Balaban J connectivity index is 1.34. The average molecular weight is 352 g/mol. The highest BCUT2D eigenvalue weighted by Gasteiger charge is 2.29. The van der Waals surface area contributed by atoms with E-state index in [1.807, 2.05) is 30.3 Å². The largest absolute Gasteiger partial charge is 0.467 e. The molecule has 0 radical (unpaired) electrons. The van der Waals surface area contributed by atoms with Crippen LogP contribution in [-0.2, 0) is 11.3 Å². The highest BCUT2D eigenvalue weighted by Crippen LogP contribution is 2.22. The average Bonchev–Trinajstić information content (AvgIpc) is 3.35. The van der Waals surface area contributed by atoms with E-state index in [9.17, 15) is 9.59 Å². The second kappa shape index (κ2) is 7.03. The summed E-state index contributed by atoms with van der Waals surface area (Å²) >= 11 is 0. The zero-order valence-electron chi connectivity index (χ0n) is 14.3. The smallest absolute Gasteiger partial charge is 0.274 e. The number of rotatable bonds is 4. The molecule has 7 heteroatoms. The van der Waals surface area contributed by atoms with Crippen molar-refractivity contribution in [1.82, 2.24) is 20.4 Å². The maximum Gasteiger partial charge on any atom is 0.274 e. The van der Waals surface area contributed by atoms with Crippen molar-refractivity contribution in [2.45, 2.75) is 19.4 Å². The molecule has 1 fully saturated rings. The van der Waals surface area contributed by atoms with E-state index in [0.29, 0.717) is 38.2 Å². The van der Waals surface area contributed by atoms with Crippen LogP contribution in [0.2, 0.25) is 0 Å². The predicted molar refractivity (Wildman–Crippen MR) is 95.3 cm³/mol. The van der Waals surface area contributed by atoms with E-state index in [1.54, 1.807) is 17.2 Å². The molecular formula is C19H20N4O3. The Morgan fingerprint density at radius 2 is 2.00 bits per heavy atom. The molecule has 0 bridgehead atoms. The standard InChI is InChI=1S/C19H20N4O3/c24-18(20-12-14-4-3-11-26-14)13-7-9-23(10-8-13)19(25)17-15-5-1-2-6-16(15)21-22-17/h1-6,11,13H,7-10,12H2,(H,20,24)(H,21,22). The minimum atomic E-state index is -0.0862. The summed E-state index contributed by atoms with van der Waals surface area (Å²) in [6.07, 6.45) is 2.89. The Bertz CT molecular complexity index is 908. The van der Waals surface area contributed by atoms with Crippen LogP contribution in [-0.4, -0.2) is 40.0 Å². The van der Waals surface area contributed by atoms with Crippen LogP contribution in [0.15, 0.2) is 47.1 Å². The van der Waals surface area contributed by atoms with E-state index in [1.165, 1.54) is 0 Å². The Hall–Kier alpha value is -3.09. The first-order valence-electron chi connectivity index (χ1n) is 8.75. The van der Waals surface area contributed by atoms with E-state index in [4.69, 9.17) is 4.42 Å². The monoisotopic (exact) mass is 352 g/mol. The summed E-state index contributed by atoms with van der Waals surface area (Å²) < 4.78 is 5.22. The molecule has 2 amide bonds. The van der Waals surface area contributed by atoms with Gasteiger partial charge < -0.3 is 14.6 Å². The summed E-state index contributed by atoms with van der Waals surface area (Å²) in [7, 11) is 0. The number of piperidine rings is 1. The molecular weight excluding hydrogens is 332 g/mol. The fourth-order valence-electron chi connectivity index (χ4n) is 3.35. The van der Waals surface area contributed by atoms with Crippen LogP contribution in [0.4, 0.5) is 0 Å². The number of H-pyrrole nitrogens is 1. The molecule has 4 rings (SSSR count). The molecule has 7 nitrogen and oxygen atoms in total. The van der Waals surface area contributed by atoms with Gasteiger partial charge in [-0.05, 0) is 31.0 Å². The SMILES string of the molecule is O=C(NCc1ccco1)C1CCN(C(=O)c2n[nH]c3ccccc23)CC1. The lowest BCUT2D eigenvalue weighted by atomic mass is 9.95. The van der Waals surface area contributed by atoms with Crippen molar-refractivity contribution in [2.75, 3.05) is 13.1 Å². The highest BCUT2D eigenvalue weighted by atomic mass is 16.3. The molecule has 1 aliphatic heterocycles. The quantitative estimate of drug-likeness (QED) is 0.754. The molecule has 0 atom stereocenters. The van der Waals surface area contributed by atoms with Crippen molar-refractivity contribution in [3.8, 4) is 0 Å². The number of carbonyl (C=O) groups is 2. The van der Waals surface area contributed by atoms with Gasteiger partial charge in [-0.15, -0.1) is 0 Å². The van der Waals surface area contributed by atoms with Gasteiger partial charge in [0, 0.05) is 24.4 Å². The highest BCUT2D eigenvalue weighted by molar-refractivity contribution is 6.04. The first kappa shape index (κ1) is 16.4. The van der Waals surface area contributed by atoms with Crippen LogP contribution >= 0.6 is 0 Å². The summed E-state index contributed by atoms with van der Waals surface area (Å²) in [6, 6.07) is 11.2. The fraction of sp³-hybridized carbons (Fsp3) is 0.316. The molecule has 1 aliphatic rings. The van der Waals surface area contributed by atoms with E-state index in [0.717, 1.165) is 16.7 Å². The van der Waals surface area contributed by atoms with Crippen molar-refractivity contribution < 1.29 is 14.0 Å². The van der Waals surface area contributed by atoms with Gasteiger partial charge >= 0.3 is 0 Å². The molecule has 2 N–H and O–H groups in total. The van der Waals surface area contributed by atoms with Gasteiger partial charge in [-0.1, -0.05) is 18.2 Å². The number of nitrogens with zero attached hydrogens (tertiary/aromatic N) is 2. The number of hydrogen-bond acceptors (Lipinski definition) is 4. The summed E-state index contributed by atoms with van der Waals surface area (Å²) in [5.41, 5.74) is 1.30. The Labute approximate surface area is 150 Å². The second-order valence-corrected chi connectivity index (χ2v) is 6.48. The van der Waals surface area contributed by atoms with Crippen LogP contribution in [0, 0.1) is 5.92 Å². The molecule has 0 aliphatic carbocycles. The van der Waals surface area contributed by atoms with Crippen LogP contribution in [0.5, 0.6) is 0 Å². The van der Waals surface area contributed by atoms with Gasteiger partial charge in [0.25, 0.3) is 5.91 Å². The van der Waals surface area contributed by atoms with Gasteiger partial charge in [0.1, 0.15) is 5.76 Å². The number of carbonyl (C=O) groups excluding carboxylic acids is 2. The first-order valence-corrected chi connectivity index (χ1v) is 8.75. The third kappa shape index (κ3) is 3.20. The topological polar surface area (TPSA) is 91.2 Å². The number of furan rings is 1. The third-order valence-electron chi connectivity index (χ3n) is 4.84. The minimum Gasteiger partial charge on any atom is -0.467 e. The molecule has 3 aromatic rings. The van der Waals surface area contributed by atoms with E-state index >= 15 is 0 Å². The molecule has 3 heterocycles. The van der Waals surface area contributed by atoms with E-state index in [2.05, 4.69) is 15.5 Å². The summed E-state index contributed by atoms with van der Waals surface area (Å²) in [5, 5.41) is 10.8. The molecule has 26 heavy (non-hydrogen) atoms. The number of likely N-dealkylation sites (tertiary alicyclic amines) is 1. The van der Waals surface area contributed by atoms with Gasteiger partial charge in [0.15, 0.2) is 5.69 Å². The van der Waals surface area contributed by atoms with E-state index in [-0.39, 0.29) is 17.7 Å². The van der Waals surface area contributed by atoms with Gasteiger partial charge in [0.05, 0.1) is 18.3 Å². The van der Waals surface area contributed by atoms with Crippen LogP contribution in [0.1, 0.15) is 29.1 Å². The zero-order chi connectivity index (χ0) is 17.9. The zero-order valence-corrected chi connectivity index (χ0v) is 14.3. The van der Waals surface area contributed by atoms with Gasteiger partial charge in [-0.25, -0.2) is 0 Å². The summed E-state index contributed by atoms with van der Waals surface area (Å²) in [5.74, 6) is 0.580. The maximum atomic E-state index is 12.8. The number of para-hydroxylation sites is 1. The Morgan fingerprint density at radius 3 is 2.77 bits per heavy atom. The van der Waals surface area contributed by atoms with Crippen molar-refractivity contribution >= 4 is 22.7 Å². The molecule has 134 valence electrons. The van der Waals surface area contributed by atoms with Crippen molar-refractivity contribution in [1.29, 1.82) is 0 Å². The number of amides is 2. The number of nitrogens with one attached hydrogen (secondary N) is 2. The van der Waals surface area contributed by atoms with Gasteiger partial charge in [-0.2, -0.15) is 5.10 Å². The Kier molecular flexibility index (Phi) is 4.43. The normalized spacial score (nSPS) is 15.3. The third-order valence-corrected chi connectivity index (χ3v) is 4.84. The van der Waals surface area contributed by atoms with Crippen LogP contribution < -0.4 is 5.32 Å². The van der Waals surface area contributed by atoms with Crippen molar-refractivity contribution in [2.24, 2.45) is 5.92 Å². The van der Waals surface area contributed by atoms with Gasteiger partial charge in [0.2, 0.25) is 5.91 Å².